The summed E-state index contributed by atoms with van der Waals surface area (Å²) in [6.07, 6.45) is 5.12. The zero-order valence-electron chi connectivity index (χ0n) is 16.8. The van der Waals surface area contributed by atoms with Gasteiger partial charge in [-0.1, -0.05) is 0 Å². The van der Waals surface area contributed by atoms with Crippen LogP contribution in [0.3, 0.4) is 0 Å². The molecule has 0 spiro atoms. The Bertz CT molecular complexity index is 969. The van der Waals surface area contributed by atoms with Crippen LogP contribution in [0.25, 0.3) is 11.0 Å². The van der Waals surface area contributed by atoms with E-state index >= 15 is 0 Å². The minimum atomic E-state index is -0.275. The zero-order chi connectivity index (χ0) is 19.8. The van der Waals surface area contributed by atoms with Crippen molar-refractivity contribution < 1.29 is 13.9 Å². The molecule has 2 aliphatic heterocycles. The number of carbonyl (C=O) groups is 1. The molecular weight excluding hydrogens is 368 g/mol. The molecule has 6 heteroatoms. The van der Waals surface area contributed by atoms with Crippen molar-refractivity contribution >= 4 is 16.9 Å². The number of morpholine rings is 1. The normalized spacial score (nSPS) is 20.9. The third-order valence-corrected chi connectivity index (χ3v) is 6.70. The molecule has 0 radical (unpaired) electrons. The van der Waals surface area contributed by atoms with Crippen LogP contribution < -0.4 is 5.63 Å². The number of benzene rings is 1. The largest absolute Gasteiger partial charge is 0.423 e. The fraction of sp³-hybridized carbons (Fsp3) is 0.565. The molecule has 1 aromatic heterocycles. The van der Waals surface area contributed by atoms with E-state index in [9.17, 15) is 9.59 Å². The van der Waals surface area contributed by atoms with E-state index in [0.29, 0.717) is 18.8 Å². The van der Waals surface area contributed by atoms with Gasteiger partial charge in [-0.3, -0.25) is 9.69 Å². The summed E-state index contributed by atoms with van der Waals surface area (Å²) < 4.78 is 10.9. The number of fused-ring (bicyclic) bond motifs is 2. The van der Waals surface area contributed by atoms with E-state index in [2.05, 4.69) is 17.0 Å². The number of amides is 1. The Labute approximate surface area is 170 Å². The first kappa shape index (κ1) is 18.8. The number of ether oxygens (including phenoxy) is 1. The van der Waals surface area contributed by atoms with Crippen molar-refractivity contribution in [2.75, 3.05) is 39.4 Å². The van der Waals surface area contributed by atoms with Gasteiger partial charge in [-0.15, -0.1) is 0 Å². The molecule has 0 bridgehead atoms. The standard InChI is InChI=1S/C23H28N2O4/c26-22-14-19(20-12-17-2-1-3-18(17)13-21(20)29-22)15-24-6-4-16(5-7-24)23(27)25-8-10-28-11-9-25/h12-14,16H,1-11,15H2. The SMILES string of the molecule is O=C(C1CCN(Cc2cc(=O)oc3cc4c(cc23)CCC4)CC1)N1CCOCC1. The van der Waals surface area contributed by atoms with Crippen LogP contribution in [0.1, 0.15) is 36.0 Å². The second kappa shape index (κ2) is 7.92. The van der Waals surface area contributed by atoms with Crippen molar-refractivity contribution in [1.82, 2.24) is 9.80 Å². The Balaban J connectivity index is 1.28. The van der Waals surface area contributed by atoms with Crippen molar-refractivity contribution in [3.05, 3.63) is 45.3 Å². The maximum atomic E-state index is 12.7. The molecule has 1 amide bonds. The third-order valence-electron chi connectivity index (χ3n) is 6.70. The van der Waals surface area contributed by atoms with Gasteiger partial charge in [0, 0.05) is 37.0 Å². The number of rotatable bonds is 3. The Morgan fingerprint density at radius 3 is 2.48 bits per heavy atom. The highest BCUT2D eigenvalue weighted by atomic mass is 16.5. The van der Waals surface area contributed by atoms with Gasteiger partial charge in [0.1, 0.15) is 5.58 Å². The number of carbonyl (C=O) groups excluding carboxylic acids is 1. The van der Waals surface area contributed by atoms with Gasteiger partial charge in [0.25, 0.3) is 0 Å². The second-order valence-corrected chi connectivity index (χ2v) is 8.55. The second-order valence-electron chi connectivity index (χ2n) is 8.55. The van der Waals surface area contributed by atoms with Gasteiger partial charge >= 0.3 is 5.63 Å². The summed E-state index contributed by atoms with van der Waals surface area (Å²) in [5.74, 6) is 0.402. The van der Waals surface area contributed by atoms with E-state index in [1.807, 2.05) is 4.90 Å². The van der Waals surface area contributed by atoms with Crippen LogP contribution in [-0.4, -0.2) is 55.1 Å². The molecule has 1 aliphatic carbocycles. The molecule has 3 aliphatic rings. The first-order chi connectivity index (χ1) is 14.2. The molecular formula is C23H28N2O4. The number of hydrogen-bond acceptors (Lipinski definition) is 5. The Morgan fingerprint density at radius 1 is 1.00 bits per heavy atom. The summed E-state index contributed by atoms with van der Waals surface area (Å²) in [6.45, 7) is 5.24. The highest BCUT2D eigenvalue weighted by Gasteiger charge is 2.29. The van der Waals surface area contributed by atoms with Gasteiger partial charge in [-0.05, 0) is 74.0 Å². The van der Waals surface area contributed by atoms with Crippen LogP contribution >= 0.6 is 0 Å². The molecule has 2 saturated heterocycles. The number of aryl methyl sites for hydroxylation is 2. The van der Waals surface area contributed by atoms with Crippen molar-refractivity contribution in [2.45, 2.75) is 38.6 Å². The molecule has 3 heterocycles. The summed E-state index contributed by atoms with van der Waals surface area (Å²) in [4.78, 5) is 29.2. The molecule has 2 aromatic rings. The fourth-order valence-electron chi connectivity index (χ4n) is 5.05. The summed E-state index contributed by atoms with van der Waals surface area (Å²) in [5.41, 5.74) is 4.19. The smallest absolute Gasteiger partial charge is 0.336 e. The van der Waals surface area contributed by atoms with E-state index in [4.69, 9.17) is 9.15 Å². The number of piperidine rings is 1. The summed E-state index contributed by atoms with van der Waals surface area (Å²) >= 11 is 0. The van der Waals surface area contributed by atoms with E-state index in [-0.39, 0.29) is 17.5 Å². The summed E-state index contributed by atoms with van der Waals surface area (Å²) in [6, 6.07) is 5.94. The Hall–Kier alpha value is -2.18. The molecule has 5 rings (SSSR count). The van der Waals surface area contributed by atoms with Gasteiger partial charge in [0.2, 0.25) is 5.91 Å². The van der Waals surface area contributed by atoms with E-state index in [1.165, 1.54) is 17.5 Å². The predicted molar refractivity (Wildman–Crippen MR) is 110 cm³/mol. The average Bonchev–Trinajstić information content (AvgIpc) is 3.20. The van der Waals surface area contributed by atoms with Crippen LogP contribution in [0.15, 0.2) is 27.4 Å². The molecule has 29 heavy (non-hydrogen) atoms. The Morgan fingerprint density at radius 2 is 1.72 bits per heavy atom. The van der Waals surface area contributed by atoms with Crippen LogP contribution in [0.5, 0.6) is 0 Å². The van der Waals surface area contributed by atoms with E-state index in [0.717, 1.165) is 69.4 Å². The maximum absolute atomic E-state index is 12.7. The summed E-state index contributed by atoms with van der Waals surface area (Å²) in [7, 11) is 0. The molecule has 6 nitrogen and oxygen atoms in total. The van der Waals surface area contributed by atoms with Gasteiger partial charge in [0.15, 0.2) is 0 Å². The molecule has 0 saturated carbocycles. The maximum Gasteiger partial charge on any atom is 0.336 e. The minimum absolute atomic E-state index is 0.116. The van der Waals surface area contributed by atoms with Gasteiger partial charge in [-0.2, -0.15) is 0 Å². The molecule has 1 aromatic carbocycles. The molecule has 0 atom stereocenters. The topological polar surface area (TPSA) is 63.0 Å². The van der Waals surface area contributed by atoms with Crippen molar-refractivity contribution in [3.8, 4) is 0 Å². The first-order valence-electron chi connectivity index (χ1n) is 10.8. The van der Waals surface area contributed by atoms with Crippen molar-refractivity contribution in [3.63, 3.8) is 0 Å². The highest BCUT2D eigenvalue weighted by molar-refractivity contribution is 5.82. The number of hydrogen-bond donors (Lipinski definition) is 0. The molecule has 0 unspecified atom stereocenters. The van der Waals surface area contributed by atoms with Gasteiger partial charge < -0.3 is 14.1 Å². The summed E-state index contributed by atoms with van der Waals surface area (Å²) in [5, 5.41) is 1.07. The van der Waals surface area contributed by atoms with Crippen LogP contribution in [0.4, 0.5) is 0 Å². The predicted octanol–water partition coefficient (Wildman–Crippen LogP) is 2.35. The third kappa shape index (κ3) is 3.83. The molecule has 2 fully saturated rings. The lowest BCUT2D eigenvalue weighted by Crippen LogP contribution is -2.46. The van der Waals surface area contributed by atoms with Crippen LogP contribution in [0.2, 0.25) is 0 Å². The van der Waals surface area contributed by atoms with Crippen molar-refractivity contribution in [2.24, 2.45) is 5.92 Å². The van der Waals surface area contributed by atoms with E-state index < -0.39 is 0 Å². The lowest BCUT2D eigenvalue weighted by atomic mass is 9.94. The van der Waals surface area contributed by atoms with Gasteiger partial charge in [0.05, 0.1) is 13.2 Å². The van der Waals surface area contributed by atoms with Gasteiger partial charge in [-0.25, -0.2) is 4.79 Å². The first-order valence-corrected chi connectivity index (χ1v) is 10.8. The molecule has 154 valence electrons. The quantitative estimate of drug-likeness (QED) is 0.746. The molecule has 0 N–H and O–H groups in total. The number of likely N-dealkylation sites (tertiary alicyclic amines) is 1. The Kier molecular flexibility index (Phi) is 5.14. The van der Waals surface area contributed by atoms with Crippen LogP contribution in [-0.2, 0) is 28.9 Å². The fourth-order valence-corrected chi connectivity index (χ4v) is 5.05. The number of nitrogens with zero attached hydrogens (tertiary/aromatic N) is 2. The van der Waals surface area contributed by atoms with Crippen LogP contribution in [0, 0.1) is 5.92 Å². The monoisotopic (exact) mass is 396 g/mol. The van der Waals surface area contributed by atoms with E-state index in [1.54, 1.807) is 6.07 Å². The van der Waals surface area contributed by atoms with Crippen molar-refractivity contribution in [1.29, 1.82) is 0 Å². The highest BCUT2D eigenvalue weighted by Crippen LogP contribution is 2.30. The average molecular weight is 396 g/mol. The zero-order valence-corrected chi connectivity index (χ0v) is 16.8. The lowest BCUT2D eigenvalue weighted by Gasteiger charge is -2.35. The minimum Gasteiger partial charge on any atom is -0.423 e. The lowest BCUT2D eigenvalue weighted by molar-refractivity contribution is -0.141.